The van der Waals surface area contributed by atoms with Crippen molar-refractivity contribution in [1.82, 2.24) is 9.13 Å². The number of nitrogens with zero attached hydrogens (tertiary/aromatic N) is 4. The molecule has 2 heterocycles. The van der Waals surface area contributed by atoms with Gasteiger partial charge in [0.05, 0.1) is 89.8 Å². The first-order valence-electron chi connectivity index (χ1n) is 27.9. The fourth-order valence-electron chi connectivity index (χ4n) is 11.8. The Morgan fingerprint density at radius 3 is 0.582 bits per heavy atom. The Bertz CT molecular complexity index is 4630. The topological polar surface area (TPSA) is 57.4 Å². The first kappa shape index (κ1) is 67.1. The van der Waals surface area contributed by atoms with Gasteiger partial charge >= 0.3 is 49.4 Å². The standard InChI is InChI=1S/C70H30F24N4/c71-63(72,73)43-13-39(14-44(25-43)64(74,75)76)33-3-9-53-54-10-4-34(40-15-45(65(77,78)79)26-46(16-40)66(80,81)82)22-60(54)97(59(53)21-33)51-7-1-37(31-95)57(29-51)58-30-52(8-2-38(58)32-96)98-61-23-35(41-17-47(67(83,84)85)27-48(18-41)68(86,87)88)5-11-55(61)56-12-6-36(24-62(56)98)42-19-49(69(89,90)91)28-50(20-42)70(92,93)94/h1-30H. The Balaban J connectivity index is 1.13. The Morgan fingerprint density at radius 1 is 0.214 bits per heavy atom. The highest BCUT2D eigenvalue weighted by Gasteiger charge is 2.42. The van der Waals surface area contributed by atoms with Crippen LogP contribution < -0.4 is 0 Å². The van der Waals surface area contributed by atoms with Gasteiger partial charge in [0, 0.05) is 44.0 Å². The highest BCUT2D eigenvalue weighted by atomic mass is 19.4. The summed E-state index contributed by atoms with van der Waals surface area (Å²) in [5, 5.41) is 22.0. The van der Waals surface area contributed by atoms with Gasteiger partial charge in [-0.05, 0) is 178 Å². The third-order valence-corrected chi connectivity index (χ3v) is 16.3. The molecule has 0 saturated heterocycles. The summed E-state index contributed by atoms with van der Waals surface area (Å²) in [4.78, 5) is 0. The molecule has 0 N–H and O–H groups in total. The summed E-state index contributed by atoms with van der Waals surface area (Å²) < 4.78 is 346. The van der Waals surface area contributed by atoms with E-state index in [1.54, 1.807) is 0 Å². The van der Waals surface area contributed by atoms with Crippen molar-refractivity contribution in [3.05, 3.63) is 238 Å². The lowest BCUT2D eigenvalue weighted by Crippen LogP contribution is -2.11. The molecule has 12 aromatic rings. The number of halogens is 24. The quantitative estimate of drug-likeness (QED) is 0.149. The van der Waals surface area contributed by atoms with Crippen molar-refractivity contribution in [2.45, 2.75) is 49.4 Å². The summed E-state index contributed by atoms with van der Waals surface area (Å²) in [6, 6.07) is 27.7. The highest BCUT2D eigenvalue weighted by Crippen LogP contribution is 2.48. The molecule has 0 aliphatic rings. The van der Waals surface area contributed by atoms with Gasteiger partial charge in [-0.25, -0.2) is 0 Å². The summed E-state index contributed by atoms with van der Waals surface area (Å²) in [6.07, 6.45) is -42.8. The number of hydrogen-bond acceptors (Lipinski definition) is 2. The average Bonchev–Trinajstić information content (AvgIpc) is 1.58. The third-order valence-electron chi connectivity index (χ3n) is 16.3. The molecule has 0 bridgehead atoms. The summed E-state index contributed by atoms with van der Waals surface area (Å²) in [5.74, 6) is 0. The molecular weight excluding hydrogens is 1350 g/mol. The summed E-state index contributed by atoms with van der Waals surface area (Å²) in [7, 11) is 0. The van der Waals surface area contributed by atoms with Crippen molar-refractivity contribution in [3.63, 3.8) is 0 Å². The Kier molecular flexibility index (Phi) is 15.7. The summed E-state index contributed by atoms with van der Waals surface area (Å²) in [6.45, 7) is 0. The summed E-state index contributed by atoms with van der Waals surface area (Å²) >= 11 is 0. The van der Waals surface area contributed by atoms with Gasteiger partial charge in [-0.1, -0.05) is 48.5 Å². The lowest BCUT2D eigenvalue weighted by molar-refractivity contribution is -0.144. The molecule has 0 radical (unpaired) electrons. The SMILES string of the molecule is N#Cc1ccc(-n2c3cc(-c4cc(C(F)(F)F)cc(C(F)(F)F)c4)ccc3c3ccc(-c4cc(C(F)(F)F)cc(C(F)(F)F)c4)cc32)cc1-c1cc(-n2c3cc(-c4cc(C(F)(F)F)cc(C(F)(F)F)c4)ccc3c3ccc(-c4cc(C(F)(F)F)cc(C(F)(F)F)c4)cc32)ccc1C#N. The van der Waals surface area contributed by atoms with Crippen molar-refractivity contribution in [3.8, 4) is 79.1 Å². The van der Waals surface area contributed by atoms with E-state index >= 15 is 0 Å². The van der Waals surface area contributed by atoms with E-state index in [2.05, 4.69) is 0 Å². The zero-order valence-corrected chi connectivity index (χ0v) is 48.2. The van der Waals surface area contributed by atoms with E-state index in [4.69, 9.17) is 0 Å². The number of alkyl halides is 24. The minimum Gasteiger partial charge on any atom is -0.309 e. The van der Waals surface area contributed by atoms with Crippen molar-refractivity contribution in [2.24, 2.45) is 0 Å². The van der Waals surface area contributed by atoms with Crippen LogP contribution in [0, 0.1) is 22.7 Å². The second kappa shape index (κ2) is 22.9. The number of fused-ring (bicyclic) bond motifs is 6. The van der Waals surface area contributed by atoms with Crippen molar-refractivity contribution in [1.29, 1.82) is 10.5 Å². The van der Waals surface area contributed by atoms with Crippen LogP contribution in [0.5, 0.6) is 0 Å². The van der Waals surface area contributed by atoms with Crippen molar-refractivity contribution >= 4 is 43.6 Å². The maximum Gasteiger partial charge on any atom is 0.416 e. The second-order valence-electron chi connectivity index (χ2n) is 22.5. The Labute approximate surface area is 533 Å². The fourth-order valence-corrected chi connectivity index (χ4v) is 11.8. The number of hydrogen-bond donors (Lipinski definition) is 0. The second-order valence-corrected chi connectivity index (χ2v) is 22.5. The van der Waals surface area contributed by atoms with E-state index in [9.17, 15) is 116 Å². The molecule has 0 aliphatic carbocycles. The van der Waals surface area contributed by atoms with E-state index in [-0.39, 0.29) is 124 Å². The monoisotopic (exact) mass is 1380 g/mol. The van der Waals surface area contributed by atoms with Gasteiger partial charge in [0.25, 0.3) is 0 Å². The molecule has 0 saturated carbocycles. The Morgan fingerprint density at radius 2 is 0.408 bits per heavy atom. The van der Waals surface area contributed by atoms with Crippen molar-refractivity contribution in [2.75, 3.05) is 0 Å². The molecule has 12 rings (SSSR count). The molecule has 0 spiro atoms. The van der Waals surface area contributed by atoms with Gasteiger partial charge in [0.1, 0.15) is 0 Å². The minimum atomic E-state index is -5.35. The number of nitriles is 2. The molecule has 28 heteroatoms. The van der Waals surface area contributed by atoms with Gasteiger partial charge < -0.3 is 9.13 Å². The zero-order valence-electron chi connectivity index (χ0n) is 48.2. The zero-order chi connectivity index (χ0) is 71.1. The van der Waals surface area contributed by atoms with Crippen LogP contribution in [0.4, 0.5) is 105 Å². The number of rotatable bonds is 7. The van der Waals surface area contributed by atoms with Gasteiger partial charge in [-0.3, -0.25) is 0 Å². The lowest BCUT2D eigenvalue weighted by atomic mass is 9.94. The first-order chi connectivity index (χ1) is 45.5. The third kappa shape index (κ3) is 12.5. The van der Waals surface area contributed by atoms with Gasteiger partial charge in [0.2, 0.25) is 0 Å². The van der Waals surface area contributed by atoms with Crippen LogP contribution in [-0.4, -0.2) is 9.13 Å². The molecular formula is C70H30F24N4. The van der Waals surface area contributed by atoms with Crippen LogP contribution in [0.2, 0.25) is 0 Å². The number of aromatic nitrogens is 2. The molecule has 4 nitrogen and oxygen atoms in total. The van der Waals surface area contributed by atoms with E-state index in [1.165, 1.54) is 57.7 Å². The van der Waals surface area contributed by atoms with Crippen LogP contribution in [0.25, 0.3) is 111 Å². The van der Waals surface area contributed by atoms with Gasteiger partial charge in [0.15, 0.2) is 0 Å². The molecule has 0 amide bonds. The van der Waals surface area contributed by atoms with Crippen LogP contribution in [0.1, 0.15) is 55.6 Å². The number of benzene rings is 10. The molecule has 98 heavy (non-hydrogen) atoms. The van der Waals surface area contributed by atoms with Crippen LogP contribution in [0.3, 0.4) is 0 Å². The molecule has 0 unspecified atom stereocenters. The van der Waals surface area contributed by atoms with E-state index in [1.807, 2.05) is 12.1 Å². The largest absolute Gasteiger partial charge is 0.416 e. The fraction of sp³-hybridized carbons (Fsp3) is 0.114. The molecule has 10 aromatic carbocycles. The summed E-state index contributed by atoms with van der Waals surface area (Å²) in [5.41, 5.74) is -19.6. The average molecular weight is 1380 g/mol. The first-order valence-corrected chi connectivity index (χ1v) is 27.9. The van der Waals surface area contributed by atoms with E-state index in [0.717, 1.165) is 60.7 Å². The van der Waals surface area contributed by atoms with E-state index < -0.39 is 116 Å². The molecule has 498 valence electrons. The molecule has 0 aliphatic heterocycles. The maximum atomic E-state index is 14.3. The van der Waals surface area contributed by atoms with Crippen LogP contribution in [0.15, 0.2) is 182 Å². The predicted molar refractivity (Wildman–Crippen MR) is 312 cm³/mol. The molecule has 2 aromatic heterocycles. The smallest absolute Gasteiger partial charge is 0.309 e. The van der Waals surface area contributed by atoms with E-state index in [0.29, 0.717) is 48.5 Å². The predicted octanol–water partition coefficient (Wildman–Crippen LogP) is 24.1. The normalized spacial score (nSPS) is 13.1. The van der Waals surface area contributed by atoms with Crippen LogP contribution in [-0.2, 0) is 49.4 Å². The molecule has 0 fully saturated rings. The Hall–Kier alpha value is -10.9. The van der Waals surface area contributed by atoms with Gasteiger partial charge in [-0.15, -0.1) is 0 Å². The minimum absolute atomic E-state index is 0.105. The lowest BCUT2D eigenvalue weighted by Gasteiger charge is -2.17. The van der Waals surface area contributed by atoms with Crippen LogP contribution >= 0.6 is 0 Å². The maximum absolute atomic E-state index is 14.3. The molecule has 0 atom stereocenters. The van der Waals surface area contributed by atoms with Crippen molar-refractivity contribution < 1.29 is 105 Å². The highest BCUT2D eigenvalue weighted by molar-refractivity contribution is 6.13. The van der Waals surface area contributed by atoms with Gasteiger partial charge in [-0.2, -0.15) is 116 Å².